The second kappa shape index (κ2) is 10.5. The van der Waals surface area contributed by atoms with Crippen molar-refractivity contribution >= 4 is 52.5 Å². The molecule has 4 nitrogen and oxygen atoms in total. The number of thioether (sulfide) groups is 1. The van der Waals surface area contributed by atoms with Crippen LogP contribution in [0, 0.1) is 5.82 Å². The smallest absolute Gasteiger partial charge is 0.272 e. The molecule has 0 radical (unpaired) electrons. The first kappa shape index (κ1) is 24.6. The average Bonchev–Trinajstić information content (AvgIpc) is 3.26. The van der Waals surface area contributed by atoms with Crippen LogP contribution >= 0.6 is 35.0 Å². The fourth-order valence-electron chi connectivity index (χ4n) is 4.22. The van der Waals surface area contributed by atoms with E-state index in [1.54, 1.807) is 46.8 Å². The minimum absolute atomic E-state index is 0.191. The quantitative estimate of drug-likeness (QED) is 0.285. The lowest BCUT2D eigenvalue weighted by Crippen LogP contribution is -2.28. The maximum atomic E-state index is 13.5. The molecule has 182 valence electrons. The van der Waals surface area contributed by atoms with Crippen LogP contribution in [0.15, 0.2) is 72.8 Å². The van der Waals surface area contributed by atoms with Gasteiger partial charge >= 0.3 is 0 Å². The highest BCUT2D eigenvalue weighted by molar-refractivity contribution is 7.99. The minimum Gasteiger partial charge on any atom is -0.344 e. The molecule has 0 saturated carbocycles. The summed E-state index contributed by atoms with van der Waals surface area (Å²) in [7, 11) is 0. The third-order valence-corrected chi connectivity index (χ3v) is 7.55. The lowest BCUT2D eigenvalue weighted by Gasteiger charge is -2.19. The molecular formula is C28H22Cl2FN3OS. The third kappa shape index (κ3) is 5.07. The van der Waals surface area contributed by atoms with Crippen LogP contribution in [0.2, 0.25) is 10.0 Å². The number of aromatic nitrogens is 2. The molecule has 2 heterocycles. The van der Waals surface area contributed by atoms with Gasteiger partial charge in [0.15, 0.2) is 5.69 Å². The van der Waals surface area contributed by atoms with Gasteiger partial charge in [-0.05, 0) is 60.0 Å². The molecule has 1 aliphatic rings. The molecule has 5 rings (SSSR count). The summed E-state index contributed by atoms with van der Waals surface area (Å²) in [5, 5.41) is 8.79. The zero-order valence-corrected chi connectivity index (χ0v) is 21.7. The molecule has 1 amide bonds. The van der Waals surface area contributed by atoms with E-state index < -0.39 is 0 Å². The molecule has 0 aliphatic carbocycles. The Morgan fingerprint density at radius 2 is 1.83 bits per heavy atom. The monoisotopic (exact) mass is 537 g/mol. The van der Waals surface area contributed by atoms with Gasteiger partial charge in [-0.25, -0.2) is 9.07 Å². The van der Waals surface area contributed by atoms with Crippen molar-refractivity contribution in [1.29, 1.82) is 0 Å². The lowest BCUT2D eigenvalue weighted by molar-refractivity contribution is 0.0933. The predicted molar refractivity (Wildman–Crippen MR) is 146 cm³/mol. The van der Waals surface area contributed by atoms with E-state index in [9.17, 15) is 9.18 Å². The number of carbonyl (C=O) groups excluding carboxylic acids is 1. The van der Waals surface area contributed by atoms with Crippen molar-refractivity contribution in [2.75, 3.05) is 5.75 Å². The molecule has 0 fully saturated rings. The Hall–Kier alpha value is -3.06. The topological polar surface area (TPSA) is 46.9 Å². The molecule has 36 heavy (non-hydrogen) atoms. The highest BCUT2D eigenvalue weighted by Crippen LogP contribution is 2.39. The summed E-state index contributed by atoms with van der Waals surface area (Å²) in [6.07, 6.45) is 2.00. The largest absolute Gasteiger partial charge is 0.344 e. The van der Waals surface area contributed by atoms with Gasteiger partial charge in [-0.15, -0.1) is 0 Å². The number of nitrogens with zero attached hydrogens (tertiary/aromatic N) is 2. The van der Waals surface area contributed by atoms with Crippen LogP contribution in [0.25, 0.3) is 17.3 Å². The van der Waals surface area contributed by atoms with Gasteiger partial charge in [0.2, 0.25) is 0 Å². The molecule has 1 N–H and O–H groups in total. The number of fused-ring (bicyclic) bond motifs is 1. The number of amides is 1. The van der Waals surface area contributed by atoms with E-state index >= 15 is 0 Å². The molecule has 4 aromatic rings. The van der Waals surface area contributed by atoms with E-state index in [4.69, 9.17) is 28.3 Å². The van der Waals surface area contributed by atoms with E-state index in [-0.39, 0.29) is 17.8 Å². The number of rotatable bonds is 5. The van der Waals surface area contributed by atoms with Gasteiger partial charge in [-0.3, -0.25) is 4.79 Å². The number of halogens is 3. The first-order valence-corrected chi connectivity index (χ1v) is 13.3. The summed E-state index contributed by atoms with van der Waals surface area (Å²) in [6, 6.07) is 21.1. The zero-order chi connectivity index (χ0) is 25.2. The van der Waals surface area contributed by atoms with E-state index in [1.807, 2.05) is 43.3 Å². The number of hydrogen-bond donors (Lipinski definition) is 1. The van der Waals surface area contributed by atoms with Crippen LogP contribution in [-0.4, -0.2) is 21.4 Å². The molecule has 3 aromatic carbocycles. The zero-order valence-electron chi connectivity index (χ0n) is 19.3. The van der Waals surface area contributed by atoms with E-state index in [0.29, 0.717) is 32.9 Å². The SMILES string of the molecule is C[C@@H](NC(=O)c1nn(-c2ccc(Cl)cc2Cl)c2c1CSC/C2=C\c1ccc(F)cc1)c1ccccc1. The molecule has 0 spiro atoms. The summed E-state index contributed by atoms with van der Waals surface area (Å²) >= 11 is 14.4. The summed E-state index contributed by atoms with van der Waals surface area (Å²) < 4.78 is 15.2. The predicted octanol–water partition coefficient (Wildman–Crippen LogP) is 7.60. The molecule has 1 aliphatic heterocycles. The van der Waals surface area contributed by atoms with Crippen molar-refractivity contribution in [3.8, 4) is 5.69 Å². The minimum atomic E-state index is -0.291. The van der Waals surface area contributed by atoms with Gasteiger partial charge in [0.25, 0.3) is 5.91 Å². The van der Waals surface area contributed by atoms with Crippen LogP contribution in [0.3, 0.4) is 0 Å². The third-order valence-electron chi connectivity index (χ3n) is 6.00. The Labute approximate surface area is 223 Å². The van der Waals surface area contributed by atoms with Crippen molar-refractivity contribution in [1.82, 2.24) is 15.1 Å². The summed E-state index contributed by atoms with van der Waals surface area (Å²) in [4.78, 5) is 13.5. The maximum Gasteiger partial charge on any atom is 0.272 e. The fraction of sp³-hybridized carbons (Fsp3) is 0.143. The standard InChI is InChI=1S/C28H22Cl2FN3OS/c1-17(19-5-3-2-4-6-19)32-28(35)26-23-16-36-15-20(13-18-7-10-22(31)11-8-18)27(23)34(33-26)25-12-9-21(29)14-24(25)30/h2-14,17H,15-16H2,1H3,(H,32,35)/b20-13+/t17-/m1/s1. The molecule has 1 aromatic heterocycles. The highest BCUT2D eigenvalue weighted by atomic mass is 35.5. The van der Waals surface area contributed by atoms with Crippen LogP contribution < -0.4 is 5.32 Å². The van der Waals surface area contributed by atoms with Crippen molar-refractivity contribution in [3.05, 3.63) is 117 Å². The second-order valence-electron chi connectivity index (χ2n) is 8.50. The number of nitrogens with one attached hydrogen (secondary N) is 1. The Morgan fingerprint density at radius 1 is 1.08 bits per heavy atom. The molecule has 0 unspecified atom stereocenters. The number of benzene rings is 3. The van der Waals surface area contributed by atoms with E-state index in [1.165, 1.54) is 12.1 Å². The molecule has 1 atom stereocenters. The first-order valence-electron chi connectivity index (χ1n) is 11.4. The van der Waals surface area contributed by atoms with Gasteiger partial charge in [-0.1, -0.05) is 65.7 Å². The molecule has 0 bridgehead atoms. The number of carbonyl (C=O) groups is 1. The summed E-state index contributed by atoms with van der Waals surface area (Å²) in [6.45, 7) is 1.95. The van der Waals surface area contributed by atoms with Crippen molar-refractivity contribution in [2.24, 2.45) is 0 Å². The summed E-state index contributed by atoms with van der Waals surface area (Å²) in [5.41, 5.74) is 5.48. The van der Waals surface area contributed by atoms with Crippen LogP contribution in [0.4, 0.5) is 4.39 Å². The van der Waals surface area contributed by atoms with Gasteiger partial charge in [-0.2, -0.15) is 16.9 Å². The Morgan fingerprint density at radius 3 is 2.56 bits per heavy atom. The van der Waals surface area contributed by atoms with Gasteiger partial charge < -0.3 is 5.32 Å². The van der Waals surface area contributed by atoms with Crippen LogP contribution in [-0.2, 0) is 5.75 Å². The maximum absolute atomic E-state index is 13.5. The number of hydrogen-bond acceptors (Lipinski definition) is 3. The molecular weight excluding hydrogens is 516 g/mol. The van der Waals surface area contributed by atoms with Crippen molar-refractivity contribution < 1.29 is 9.18 Å². The Bertz CT molecular complexity index is 1450. The van der Waals surface area contributed by atoms with Crippen LogP contribution in [0.1, 0.15) is 45.8 Å². The summed E-state index contributed by atoms with van der Waals surface area (Å²) in [5.74, 6) is 0.794. The lowest BCUT2D eigenvalue weighted by atomic mass is 10.0. The van der Waals surface area contributed by atoms with Gasteiger partial charge in [0.1, 0.15) is 5.82 Å². The van der Waals surface area contributed by atoms with Gasteiger partial charge in [0, 0.05) is 22.1 Å². The van der Waals surface area contributed by atoms with Gasteiger partial charge in [0.05, 0.1) is 22.4 Å². The normalized spacial score (nSPS) is 14.9. The molecule has 0 saturated heterocycles. The average molecular weight is 538 g/mol. The Kier molecular flexibility index (Phi) is 7.19. The first-order chi connectivity index (χ1) is 17.4. The second-order valence-corrected chi connectivity index (χ2v) is 10.3. The highest BCUT2D eigenvalue weighted by Gasteiger charge is 2.30. The van der Waals surface area contributed by atoms with E-state index in [2.05, 4.69) is 5.32 Å². The van der Waals surface area contributed by atoms with Crippen LogP contribution in [0.5, 0.6) is 0 Å². The van der Waals surface area contributed by atoms with Crippen molar-refractivity contribution in [3.63, 3.8) is 0 Å². The van der Waals surface area contributed by atoms with E-state index in [0.717, 1.165) is 28.0 Å². The molecule has 8 heteroatoms. The Balaban J connectivity index is 1.61. The fourth-order valence-corrected chi connectivity index (χ4v) is 5.73. The van der Waals surface area contributed by atoms with Crippen molar-refractivity contribution in [2.45, 2.75) is 18.7 Å².